The lowest BCUT2D eigenvalue weighted by Crippen LogP contribution is -2.48. The molecule has 2 amide bonds. The first-order valence-corrected chi connectivity index (χ1v) is 11.3. The van der Waals surface area contributed by atoms with E-state index in [-0.39, 0.29) is 5.11 Å². The number of ether oxygens (including phenoxy) is 2. The number of rotatable bonds is 7. The number of benzene rings is 3. The van der Waals surface area contributed by atoms with Gasteiger partial charge in [0.2, 0.25) is 0 Å². The molecule has 3 rings (SSSR count). The molecule has 0 radical (unpaired) electrons. The molecule has 0 aliphatic heterocycles. The minimum atomic E-state index is -0.466. The van der Waals surface area contributed by atoms with Gasteiger partial charge in [-0.3, -0.25) is 25.8 Å². The molecule has 3 N–H and O–H groups in total. The highest BCUT2D eigenvalue weighted by Crippen LogP contribution is 2.23. The lowest BCUT2D eigenvalue weighted by atomic mass is 10.2. The third-order valence-corrected chi connectivity index (χ3v) is 5.06. The summed E-state index contributed by atoms with van der Waals surface area (Å²) in [4.78, 5) is 24.9. The summed E-state index contributed by atoms with van der Waals surface area (Å²) in [7, 11) is 0. The number of halogens is 1. The van der Waals surface area contributed by atoms with Crippen LogP contribution in [-0.4, -0.2) is 23.5 Å². The van der Waals surface area contributed by atoms with Gasteiger partial charge in [-0.2, -0.15) is 0 Å². The molecule has 0 aliphatic carbocycles. The topological polar surface area (TPSA) is 88.7 Å². The molecule has 0 atom stereocenters. The molecule has 170 valence electrons. The van der Waals surface area contributed by atoms with Gasteiger partial charge in [-0.1, -0.05) is 46.3 Å². The lowest BCUT2D eigenvalue weighted by molar-refractivity contribution is 0.0933. The lowest BCUT2D eigenvalue weighted by Gasteiger charge is -2.13. The number of carbonyl (C=O) groups excluding carboxylic acids is 2. The Morgan fingerprint density at radius 3 is 2.33 bits per heavy atom. The third-order valence-electron chi connectivity index (χ3n) is 4.37. The van der Waals surface area contributed by atoms with Gasteiger partial charge in [-0.25, -0.2) is 0 Å². The van der Waals surface area contributed by atoms with Gasteiger partial charge in [0.05, 0.1) is 12.2 Å². The molecular formula is C24H22BrN3O4S. The number of hydrazine groups is 1. The minimum Gasteiger partial charge on any atom is -0.493 e. The summed E-state index contributed by atoms with van der Waals surface area (Å²) in [5, 5.41) is 2.46. The molecule has 0 saturated heterocycles. The van der Waals surface area contributed by atoms with Crippen LogP contribution in [0.4, 0.5) is 0 Å². The quantitative estimate of drug-likeness (QED) is 0.312. The Kier molecular flexibility index (Phi) is 8.79. The maximum atomic E-state index is 12.6. The zero-order valence-electron chi connectivity index (χ0n) is 17.8. The Bertz CT molecular complexity index is 1120. The summed E-state index contributed by atoms with van der Waals surface area (Å²) in [6.07, 6.45) is 0. The van der Waals surface area contributed by atoms with E-state index in [1.54, 1.807) is 42.5 Å². The fraction of sp³-hybridized carbons (Fsp3) is 0.125. The Balaban J connectivity index is 1.49. The summed E-state index contributed by atoms with van der Waals surface area (Å²) in [5.41, 5.74) is 6.74. The Labute approximate surface area is 205 Å². The number of amides is 2. The SMILES string of the molecule is CCOc1ccc(Br)cc1C(=O)NC(=S)NNC(=O)c1ccc(OCc2ccccc2)cc1. The van der Waals surface area contributed by atoms with Gasteiger partial charge in [-0.05, 0) is 67.2 Å². The average molecular weight is 528 g/mol. The van der Waals surface area contributed by atoms with Crippen LogP contribution in [0.1, 0.15) is 33.2 Å². The van der Waals surface area contributed by atoms with Crippen molar-refractivity contribution in [2.75, 3.05) is 6.61 Å². The highest BCUT2D eigenvalue weighted by molar-refractivity contribution is 9.10. The molecule has 33 heavy (non-hydrogen) atoms. The minimum absolute atomic E-state index is 0.0569. The van der Waals surface area contributed by atoms with Crippen LogP contribution in [-0.2, 0) is 6.61 Å². The van der Waals surface area contributed by atoms with E-state index in [0.717, 1.165) is 10.0 Å². The van der Waals surface area contributed by atoms with Crippen molar-refractivity contribution >= 4 is 45.1 Å². The van der Waals surface area contributed by atoms with E-state index in [1.807, 2.05) is 37.3 Å². The number of hydrogen-bond acceptors (Lipinski definition) is 5. The molecule has 3 aromatic carbocycles. The first kappa shape index (κ1) is 24.2. The van der Waals surface area contributed by atoms with Crippen molar-refractivity contribution in [1.29, 1.82) is 0 Å². The van der Waals surface area contributed by atoms with E-state index in [4.69, 9.17) is 21.7 Å². The standard InChI is InChI=1S/C24H22BrN3O4S/c1-2-31-21-13-10-18(25)14-20(21)23(30)26-24(33)28-27-22(29)17-8-11-19(12-9-17)32-15-16-6-4-3-5-7-16/h3-14H,2,15H2,1H3,(H,27,29)(H2,26,28,30,33). The molecule has 0 unspecified atom stereocenters. The van der Waals surface area contributed by atoms with Crippen molar-refractivity contribution in [3.63, 3.8) is 0 Å². The smallest absolute Gasteiger partial charge is 0.269 e. The van der Waals surface area contributed by atoms with E-state index in [0.29, 0.717) is 35.8 Å². The Morgan fingerprint density at radius 1 is 0.909 bits per heavy atom. The highest BCUT2D eigenvalue weighted by Gasteiger charge is 2.15. The number of nitrogens with one attached hydrogen (secondary N) is 3. The molecular weight excluding hydrogens is 506 g/mol. The monoisotopic (exact) mass is 527 g/mol. The number of hydrogen-bond donors (Lipinski definition) is 3. The zero-order chi connectivity index (χ0) is 23.6. The molecule has 0 fully saturated rings. The summed E-state index contributed by atoms with van der Waals surface area (Å²) in [6.45, 7) is 2.68. The van der Waals surface area contributed by atoms with Gasteiger partial charge >= 0.3 is 0 Å². The van der Waals surface area contributed by atoms with E-state index in [2.05, 4.69) is 32.1 Å². The van der Waals surface area contributed by atoms with E-state index >= 15 is 0 Å². The molecule has 0 aliphatic rings. The van der Waals surface area contributed by atoms with Gasteiger partial charge in [0.15, 0.2) is 5.11 Å². The van der Waals surface area contributed by atoms with Crippen LogP contribution < -0.4 is 25.6 Å². The summed E-state index contributed by atoms with van der Waals surface area (Å²) < 4.78 is 11.9. The largest absolute Gasteiger partial charge is 0.493 e. The van der Waals surface area contributed by atoms with Crippen LogP contribution in [0.5, 0.6) is 11.5 Å². The van der Waals surface area contributed by atoms with E-state index in [1.165, 1.54) is 0 Å². The van der Waals surface area contributed by atoms with Gasteiger partial charge < -0.3 is 9.47 Å². The summed E-state index contributed by atoms with van der Waals surface area (Å²) in [6, 6.07) is 21.6. The first-order valence-electron chi connectivity index (χ1n) is 10.1. The molecule has 7 nitrogen and oxygen atoms in total. The number of carbonyl (C=O) groups is 2. The molecule has 9 heteroatoms. The fourth-order valence-corrected chi connectivity index (χ4v) is 3.30. The predicted molar refractivity (Wildman–Crippen MR) is 133 cm³/mol. The maximum Gasteiger partial charge on any atom is 0.269 e. The molecule has 0 aromatic heterocycles. The van der Waals surface area contributed by atoms with Crippen molar-refractivity contribution in [3.05, 3.63) is 94.0 Å². The highest BCUT2D eigenvalue weighted by atomic mass is 79.9. The Morgan fingerprint density at radius 2 is 1.64 bits per heavy atom. The van der Waals surface area contributed by atoms with Gasteiger partial charge in [0, 0.05) is 10.0 Å². The van der Waals surface area contributed by atoms with Crippen molar-refractivity contribution in [2.45, 2.75) is 13.5 Å². The van der Waals surface area contributed by atoms with Gasteiger partial charge in [0.1, 0.15) is 18.1 Å². The van der Waals surface area contributed by atoms with Gasteiger partial charge in [0.25, 0.3) is 11.8 Å². The summed E-state index contributed by atoms with van der Waals surface area (Å²) in [5.74, 6) is 0.190. The van der Waals surface area contributed by atoms with E-state index < -0.39 is 11.8 Å². The molecule has 0 bridgehead atoms. The van der Waals surface area contributed by atoms with Crippen LogP contribution in [0.15, 0.2) is 77.3 Å². The van der Waals surface area contributed by atoms with Crippen LogP contribution >= 0.6 is 28.1 Å². The van der Waals surface area contributed by atoms with Crippen LogP contribution in [0.25, 0.3) is 0 Å². The summed E-state index contributed by atoms with van der Waals surface area (Å²) >= 11 is 8.45. The third kappa shape index (κ3) is 7.30. The molecule has 0 heterocycles. The zero-order valence-corrected chi connectivity index (χ0v) is 20.2. The van der Waals surface area contributed by atoms with Crippen molar-refractivity contribution in [3.8, 4) is 11.5 Å². The number of thiocarbonyl (C=S) groups is 1. The molecule has 0 saturated carbocycles. The predicted octanol–water partition coefficient (Wildman–Crippen LogP) is 4.38. The average Bonchev–Trinajstić information content (AvgIpc) is 2.83. The van der Waals surface area contributed by atoms with E-state index in [9.17, 15) is 9.59 Å². The van der Waals surface area contributed by atoms with Gasteiger partial charge in [-0.15, -0.1) is 0 Å². The Hall–Kier alpha value is -3.43. The first-order chi connectivity index (χ1) is 16.0. The fourth-order valence-electron chi connectivity index (χ4n) is 2.79. The van der Waals surface area contributed by atoms with Crippen molar-refractivity contribution in [2.24, 2.45) is 0 Å². The second kappa shape index (κ2) is 12.0. The van der Waals surface area contributed by atoms with Crippen molar-refractivity contribution in [1.82, 2.24) is 16.2 Å². The molecule has 3 aromatic rings. The maximum absolute atomic E-state index is 12.6. The second-order valence-corrected chi connectivity index (χ2v) is 8.06. The van der Waals surface area contributed by atoms with Crippen LogP contribution in [0.2, 0.25) is 0 Å². The molecule has 0 spiro atoms. The van der Waals surface area contributed by atoms with Crippen LogP contribution in [0.3, 0.4) is 0 Å². The van der Waals surface area contributed by atoms with Crippen molar-refractivity contribution < 1.29 is 19.1 Å². The van der Waals surface area contributed by atoms with Crippen LogP contribution in [0, 0.1) is 0 Å². The normalized spacial score (nSPS) is 10.1. The second-order valence-electron chi connectivity index (χ2n) is 6.73.